The van der Waals surface area contributed by atoms with E-state index in [2.05, 4.69) is 15.5 Å². The number of rotatable bonds is 4. The molecule has 0 aliphatic heterocycles. The monoisotopic (exact) mass is 309 g/mol. The Hall–Kier alpha value is -2.95. The molecule has 0 saturated carbocycles. The van der Waals surface area contributed by atoms with Gasteiger partial charge in [0.25, 0.3) is 11.8 Å². The second kappa shape index (κ2) is 6.44. The van der Waals surface area contributed by atoms with Crippen LogP contribution < -0.4 is 5.32 Å². The van der Waals surface area contributed by atoms with E-state index < -0.39 is 0 Å². The molecule has 1 N–H and O–H groups in total. The minimum atomic E-state index is -0.148. The second-order valence-electron chi connectivity index (χ2n) is 5.27. The maximum Gasteiger partial charge on any atom is 0.257 e. The molecule has 1 heterocycles. The van der Waals surface area contributed by atoms with Crippen molar-refractivity contribution < 1.29 is 10.7 Å². The summed E-state index contributed by atoms with van der Waals surface area (Å²) in [5.74, 6) is 0.966. The summed E-state index contributed by atoms with van der Waals surface area (Å²) in [5.41, 5.74) is 3.13. The highest BCUT2D eigenvalue weighted by Crippen LogP contribution is 2.21. The van der Waals surface area contributed by atoms with E-state index in [1.807, 2.05) is 56.3 Å². The summed E-state index contributed by atoms with van der Waals surface area (Å²) >= 11 is 0. The van der Waals surface area contributed by atoms with Crippen LogP contribution in [0.1, 0.15) is 30.1 Å². The van der Waals surface area contributed by atoms with Crippen LogP contribution >= 0.6 is 0 Å². The van der Waals surface area contributed by atoms with Gasteiger partial charge in [0.1, 0.15) is 0 Å². The average molecular weight is 309 g/mol. The Morgan fingerprint density at radius 1 is 1.22 bits per heavy atom. The number of hydrogen-bond acceptors (Lipinski definition) is 4. The van der Waals surface area contributed by atoms with Crippen LogP contribution in [0.15, 0.2) is 53.1 Å². The zero-order chi connectivity index (χ0) is 16.2. The van der Waals surface area contributed by atoms with Crippen molar-refractivity contribution in [1.29, 1.82) is 0 Å². The lowest BCUT2D eigenvalue weighted by molar-refractivity contribution is 0.102. The smallest absolute Gasteiger partial charge is 0.257 e. The van der Waals surface area contributed by atoms with E-state index in [9.17, 15) is 4.79 Å². The molecule has 0 unspecified atom stereocenters. The van der Waals surface area contributed by atoms with E-state index in [4.69, 9.17) is 4.52 Å². The summed E-state index contributed by atoms with van der Waals surface area (Å²) < 4.78 is 5.23. The number of benzene rings is 2. The fourth-order valence-electron chi connectivity index (χ4n) is 2.23. The first-order chi connectivity index (χ1) is 11.2. The van der Waals surface area contributed by atoms with Crippen molar-refractivity contribution >= 4 is 11.6 Å². The van der Waals surface area contributed by atoms with Gasteiger partial charge in [0.05, 0.1) is 0 Å². The van der Waals surface area contributed by atoms with Gasteiger partial charge in [-0.1, -0.05) is 35.8 Å². The van der Waals surface area contributed by atoms with E-state index in [0.29, 0.717) is 29.4 Å². The Morgan fingerprint density at radius 2 is 2.04 bits per heavy atom. The van der Waals surface area contributed by atoms with Gasteiger partial charge < -0.3 is 9.84 Å². The van der Waals surface area contributed by atoms with Gasteiger partial charge >= 0.3 is 0 Å². The van der Waals surface area contributed by atoms with E-state index in [1.165, 1.54) is 0 Å². The van der Waals surface area contributed by atoms with Gasteiger partial charge in [-0.3, -0.25) is 4.79 Å². The Morgan fingerprint density at radius 3 is 2.78 bits per heavy atom. The molecule has 5 nitrogen and oxygen atoms in total. The van der Waals surface area contributed by atoms with Gasteiger partial charge in [-0.05, 0) is 37.3 Å². The van der Waals surface area contributed by atoms with Gasteiger partial charge in [-0.2, -0.15) is 4.98 Å². The number of carbonyl (C=O) groups excluding carboxylic acids is 1. The molecule has 2 aromatic carbocycles. The largest absolute Gasteiger partial charge is 0.334 e. The Labute approximate surface area is 135 Å². The van der Waals surface area contributed by atoms with Gasteiger partial charge in [-0.25, -0.2) is 0 Å². The highest BCUT2D eigenvalue weighted by Gasteiger charge is 2.10. The molecule has 23 heavy (non-hydrogen) atoms. The first kappa shape index (κ1) is 15.0. The number of nitrogens with zero attached hydrogens (tertiary/aromatic N) is 2. The highest BCUT2D eigenvalue weighted by molar-refractivity contribution is 6.04. The van der Waals surface area contributed by atoms with Crippen molar-refractivity contribution in [1.82, 2.24) is 10.1 Å². The first-order valence-electron chi connectivity index (χ1n) is 7.47. The molecule has 0 atom stereocenters. The first-order valence-corrected chi connectivity index (χ1v) is 7.47. The summed E-state index contributed by atoms with van der Waals surface area (Å²) in [7, 11) is 0. The molecule has 0 spiro atoms. The van der Waals surface area contributed by atoms with Gasteiger partial charge in [0, 0.05) is 24.7 Å². The van der Waals surface area contributed by atoms with Crippen LogP contribution in [-0.2, 0) is 6.42 Å². The molecule has 1 aromatic heterocycles. The maximum absolute atomic E-state index is 12.3. The van der Waals surface area contributed by atoms with Crippen molar-refractivity contribution in [3.8, 4) is 11.5 Å². The quantitative estimate of drug-likeness (QED) is 0.787. The van der Waals surface area contributed by atoms with Gasteiger partial charge in [0.2, 0.25) is 0 Å². The minimum Gasteiger partial charge on any atom is -0.334 e. The third-order valence-electron chi connectivity index (χ3n) is 3.43. The molecule has 0 radical (unpaired) electrons. The lowest BCUT2D eigenvalue weighted by Gasteiger charge is -2.06. The molecule has 3 rings (SSSR count). The number of carbonyl (C=O) groups is 1. The van der Waals surface area contributed by atoms with Crippen LogP contribution in [0.3, 0.4) is 0 Å². The second-order valence-corrected chi connectivity index (χ2v) is 5.27. The standard InChI is InChI=1S/C18H17N3O2.H2/c1-3-16-20-18(23-21-16)14-8-5-9-15(11-14)19-17(22)13-7-4-6-12(2)10-13;/h4-11H,3H2,1-2H3,(H,19,22);1H. The van der Waals surface area contributed by atoms with Crippen LogP contribution in [0.2, 0.25) is 0 Å². The number of aryl methyl sites for hydroxylation is 2. The van der Waals surface area contributed by atoms with E-state index in [1.54, 1.807) is 6.07 Å². The van der Waals surface area contributed by atoms with Crippen molar-refractivity contribution in [3.05, 3.63) is 65.5 Å². The fraction of sp³-hybridized carbons (Fsp3) is 0.167. The van der Waals surface area contributed by atoms with Crippen LogP contribution in [0.4, 0.5) is 5.69 Å². The molecular weight excluding hydrogens is 290 g/mol. The predicted molar refractivity (Wildman–Crippen MR) is 90.4 cm³/mol. The molecule has 5 heteroatoms. The normalized spacial score (nSPS) is 10.5. The SMILES string of the molecule is CCc1noc(-c2cccc(NC(=O)c3cccc(C)c3)c2)n1.[HH]. The van der Waals surface area contributed by atoms with Crippen molar-refractivity contribution in [2.24, 2.45) is 0 Å². The summed E-state index contributed by atoms with van der Waals surface area (Å²) in [6, 6.07) is 14.8. The molecule has 0 aliphatic rings. The topological polar surface area (TPSA) is 68.0 Å². The predicted octanol–water partition coefficient (Wildman–Crippen LogP) is 4.11. The van der Waals surface area contributed by atoms with Crippen LogP contribution in [0, 0.1) is 6.92 Å². The molecule has 0 saturated heterocycles. The third-order valence-corrected chi connectivity index (χ3v) is 3.43. The van der Waals surface area contributed by atoms with Gasteiger partial charge in [0.15, 0.2) is 5.82 Å². The number of amides is 1. The van der Waals surface area contributed by atoms with Gasteiger partial charge in [-0.15, -0.1) is 0 Å². The Bertz CT molecular complexity index is 846. The number of aromatic nitrogens is 2. The van der Waals surface area contributed by atoms with Crippen molar-refractivity contribution in [2.45, 2.75) is 20.3 Å². The Kier molecular flexibility index (Phi) is 4.19. The highest BCUT2D eigenvalue weighted by atomic mass is 16.5. The van der Waals surface area contributed by atoms with Crippen molar-refractivity contribution in [2.75, 3.05) is 5.32 Å². The van der Waals surface area contributed by atoms with E-state index >= 15 is 0 Å². The molecule has 3 aromatic rings. The molecule has 118 valence electrons. The van der Waals surface area contributed by atoms with E-state index in [-0.39, 0.29) is 7.33 Å². The minimum absolute atomic E-state index is 0. The molecular formula is C18H19N3O2. The fourth-order valence-corrected chi connectivity index (χ4v) is 2.23. The zero-order valence-electron chi connectivity index (χ0n) is 13.0. The number of hydrogen-bond donors (Lipinski definition) is 1. The third kappa shape index (κ3) is 3.45. The van der Waals surface area contributed by atoms with Crippen molar-refractivity contribution in [3.63, 3.8) is 0 Å². The molecule has 0 bridgehead atoms. The summed E-state index contributed by atoms with van der Waals surface area (Å²) in [5, 5.41) is 6.77. The van der Waals surface area contributed by atoms with Crippen LogP contribution in [0.5, 0.6) is 0 Å². The molecule has 0 aliphatic carbocycles. The van der Waals surface area contributed by atoms with E-state index in [0.717, 1.165) is 11.1 Å². The summed E-state index contributed by atoms with van der Waals surface area (Å²) in [6.45, 7) is 3.92. The van der Waals surface area contributed by atoms with Crippen LogP contribution in [0.25, 0.3) is 11.5 Å². The summed E-state index contributed by atoms with van der Waals surface area (Å²) in [4.78, 5) is 16.6. The lowest BCUT2D eigenvalue weighted by Crippen LogP contribution is -2.11. The molecule has 1 amide bonds. The van der Waals surface area contributed by atoms with Crippen LogP contribution in [-0.4, -0.2) is 16.0 Å². The summed E-state index contributed by atoms with van der Waals surface area (Å²) in [6.07, 6.45) is 0.716. The number of anilines is 1. The average Bonchev–Trinajstić information content (AvgIpc) is 3.04. The Balaban J connectivity index is 0.00000208. The zero-order valence-corrected chi connectivity index (χ0v) is 13.0. The maximum atomic E-state index is 12.3. The lowest BCUT2D eigenvalue weighted by atomic mass is 10.1. The molecule has 0 fully saturated rings. The number of nitrogens with one attached hydrogen (secondary N) is 1.